The van der Waals surface area contributed by atoms with E-state index in [1.807, 2.05) is 36.4 Å². The van der Waals surface area contributed by atoms with Gasteiger partial charge in [0.15, 0.2) is 0 Å². The smallest absolute Gasteiger partial charge is 0.217 e. The number of hydrogen-bond acceptors (Lipinski definition) is 5. The van der Waals surface area contributed by atoms with Crippen molar-refractivity contribution >= 4 is 22.4 Å². The number of amidine groups is 1. The minimum atomic E-state index is 0. The molecule has 42 heavy (non-hydrogen) atoms. The van der Waals surface area contributed by atoms with Crippen LogP contribution in [0.4, 0.5) is 5.69 Å². The molecular weight excluding hydrogens is 701 g/mol. The van der Waals surface area contributed by atoms with E-state index in [0.717, 1.165) is 29.6 Å². The first-order chi connectivity index (χ1) is 19.6. The molecule has 2 atom stereocenters. The minimum absolute atomic E-state index is 0. The van der Waals surface area contributed by atoms with Crippen molar-refractivity contribution in [3.63, 3.8) is 0 Å². The third-order valence-corrected chi connectivity index (χ3v) is 8.65. The normalized spacial score (nSPS) is 19.5. The zero-order valence-corrected chi connectivity index (χ0v) is 27.6. The minimum Gasteiger partial charge on any atom is -0.506 e. The Labute approximate surface area is 264 Å². The van der Waals surface area contributed by atoms with Crippen molar-refractivity contribution in [2.45, 2.75) is 84.7 Å². The molecule has 6 heteroatoms. The second kappa shape index (κ2) is 11.8. The van der Waals surface area contributed by atoms with Gasteiger partial charge in [0.25, 0.3) is 0 Å². The summed E-state index contributed by atoms with van der Waals surface area (Å²) in [7, 11) is 0. The number of pyridine rings is 1. The van der Waals surface area contributed by atoms with Gasteiger partial charge in [-0.15, -0.1) is 23.8 Å². The van der Waals surface area contributed by atoms with Crippen LogP contribution in [0.1, 0.15) is 89.3 Å². The molecule has 1 aliphatic heterocycles. The van der Waals surface area contributed by atoms with Gasteiger partial charge in [-0.1, -0.05) is 77.9 Å². The fraction of sp³-hybridized carbons (Fsp3) is 0.389. The van der Waals surface area contributed by atoms with Crippen LogP contribution < -0.4 is 9.64 Å². The van der Waals surface area contributed by atoms with Crippen LogP contribution in [0, 0.1) is 11.5 Å². The fourth-order valence-electron chi connectivity index (χ4n) is 6.53. The molecule has 2 heterocycles. The Morgan fingerprint density at radius 3 is 2.33 bits per heavy atom. The number of hydrogen-bond donors (Lipinski definition) is 1. The maximum absolute atomic E-state index is 10.3. The molecule has 0 spiro atoms. The Hall–Kier alpha value is -3.17. The van der Waals surface area contributed by atoms with E-state index in [9.17, 15) is 5.11 Å². The number of benzene rings is 3. The third-order valence-electron chi connectivity index (χ3n) is 8.65. The van der Waals surface area contributed by atoms with Crippen LogP contribution in [0.2, 0.25) is 0 Å². The predicted molar refractivity (Wildman–Crippen MR) is 168 cm³/mol. The van der Waals surface area contributed by atoms with Crippen molar-refractivity contribution < 1.29 is 30.9 Å². The molecule has 0 saturated heterocycles. The van der Waals surface area contributed by atoms with Gasteiger partial charge in [0, 0.05) is 50.0 Å². The summed E-state index contributed by atoms with van der Waals surface area (Å²) in [5.74, 6) is 2.87. The average molecular weight is 742 g/mol. The summed E-state index contributed by atoms with van der Waals surface area (Å²) in [5, 5.41) is 11.2. The van der Waals surface area contributed by atoms with E-state index in [-0.39, 0.29) is 38.3 Å². The molecule has 0 bridgehead atoms. The summed E-state index contributed by atoms with van der Waals surface area (Å²) in [6.07, 6.45) is 3.36. The maximum Gasteiger partial charge on any atom is 0.217 e. The van der Waals surface area contributed by atoms with Gasteiger partial charge in [0.05, 0.1) is 11.9 Å². The van der Waals surface area contributed by atoms with Crippen LogP contribution in [0.15, 0.2) is 71.7 Å². The van der Waals surface area contributed by atoms with Gasteiger partial charge in [-0.25, -0.2) is 4.98 Å². The van der Waals surface area contributed by atoms with Gasteiger partial charge in [-0.05, 0) is 59.8 Å². The number of ether oxygens (including phenoxy) is 1. The van der Waals surface area contributed by atoms with Crippen molar-refractivity contribution in [2.24, 2.45) is 10.4 Å². The second-order valence-corrected chi connectivity index (χ2v) is 13.0. The number of aliphatic imine (C=N–C) groups is 1. The molecule has 6 rings (SSSR count). The quantitative estimate of drug-likeness (QED) is 0.201. The Kier molecular flexibility index (Phi) is 8.54. The Bertz CT molecular complexity index is 1600. The molecule has 0 amide bonds. The zero-order valence-electron chi connectivity index (χ0n) is 25.3. The third kappa shape index (κ3) is 5.73. The first kappa shape index (κ1) is 30.3. The topological polar surface area (TPSA) is 58.0 Å². The van der Waals surface area contributed by atoms with Gasteiger partial charge in [0.1, 0.15) is 11.3 Å². The number of rotatable bonds is 6. The van der Waals surface area contributed by atoms with Crippen LogP contribution in [-0.2, 0) is 21.1 Å². The van der Waals surface area contributed by atoms with E-state index in [0.29, 0.717) is 35.0 Å². The molecular formula is C36H40N3O2Pt-. The molecule has 1 N–H and O–H groups in total. The Morgan fingerprint density at radius 2 is 1.62 bits per heavy atom. The largest absolute Gasteiger partial charge is 0.506 e. The standard InChI is InChI=1S/C36H40N3O2.Pt/c1-22(2)27-13-9-14-28(23(3)4)34(27)39-30-18-19-36(5,6)21-29(30)37-35(39)25-11-7-12-26(20-25)41-32-17-16-24-10-8-15-31(40)33(24)38-32;/h7-17,22-23,29-30,40H,18-19,21H2,1-6H3;/q-1;/t29-,30-;/m0./s1. The number of phenols is 1. The van der Waals surface area contributed by atoms with E-state index in [4.69, 9.17) is 9.73 Å². The van der Waals surface area contributed by atoms with Crippen LogP contribution in [-0.4, -0.2) is 28.0 Å². The van der Waals surface area contributed by atoms with Gasteiger partial charge < -0.3 is 19.7 Å². The SMILES string of the molecule is CC(C)c1cccc(C(C)C)c1N1C(c2[c-]c(Oc3ccc4cccc(O)c4n3)ccc2)=N[C@H]2CC(C)(C)CC[C@@H]21.[Pt]. The number of phenolic OH excluding ortho intramolecular Hbond substituents is 1. The van der Waals surface area contributed by atoms with E-state index in [1.54, 1.807) is 6.07 Å². The summed E-state index contributed by atoms with van der Waals surface area (Å²) in [6, 6.07) is 26.0. The van der Waals surface area contributed by atoms with Crippen LogP contribution in [0.3, 0.4) is 0 Å². The van der Waals surface area contributed by atoms with E-state index in [1.165, 1.54) is 23.2 Å². The molecule has 1 saturated carbocycles. The number of fused-ring (bicyclic) bond motifs is 2. The summed E-state index contributed by atoms with van der Waals surface area (Å²) in [5.41, 5.74) is 5.75. The van der Waals surface area contributed by atoms with Crippen LogP contribution >= 0.6 is 0 Å². The maximum atomic E-state index is 10.3. The molecule has 1 aliphatic carbocycles. The predicted octanol–water partition coefficient (Wildman–Crippen LogP) is 8.99. The summed E-state index contributed by atoms with van der Waals surface area (Å²) < 4.78 is 6.21. The zero-order chi connectivity index (χ0) is 28.9. The van der Waals surface area contributed by atoms with Gasteiger partial charge in [-0.3, -0.25) is 0 Å². The average Bonchev–Trinajstić information content (AvgIpc) is 3.30. The molecule has 222 valence electrons. The van der Waals surface area contributed by atoms with Crippen molar-refractivity contribution in [1.82, 2.24) is 4.98 Å². The Morgan fingerprint density at radius 1 is 0.929 bits per heavy atom. The number of nitrogens with zero attached hydrogens (tertiary/aromatic N) is 3. The summed E-state index contributed by atoms with van der Waals surface area (Å²) in [6.45, 7) is 13.9. The molecule has 0 unspecified atom stereocenters. The van der Waals surface area contributed by atoms with Crippen molar-refractivity contribution in [3.05, 3.63) is 89.5 Å². The molecule has 5 nitrogen and oxygen atoms in total. The molecule has 2 aliphatic rings. The molecule has 0 radical (unpaired) electrons. The first-order valence-electron chi connectivity index (χ1n) is 14.9. The monoisotopic (exact) mass is 741 g/mol. The number of aromatic hydroxyl groups is 1. The molecule has 3 aromatic carbocycles. The molecule has 1 fully saturated rings. The molecule has 4 aromatic rings. The number of aromatic nitrogens is 1. The van der Waals surface area contributed by atoms with Crippen molar-refractivity contribution in [3.8, 4) is 17.4 Å². The van der Waals surface area contributed by atoms with Gasteiger partial charge >= 0.3 is 0 Å². The summed E-state index contributed by atoms with van der Waals surface area (Å²) >= 11 is 0. The first-order valence-corrected chi connectivity index (χ1v) is 14.9. The fourth-order valence-corrected chi connectivity index (χ4v) is 6.53. The van der Waals surface area contributed by atoms with Crippen molar-refractivity contribution in [2.75, 3.05) is 4.90 Å². The van der Waals surface area contributed by atoms with E-state index in [2.05, 4.69) is 81.8 Å². The van der Waals surface area contributed by atoms with Crippen LogP contribution in [0.25, 0.3) is 10.9 Å². The molecule has 1 aromatic heterocycles. The van der Waals surface area contributed by atoms with Crippen molar-refractivity contribution in [1.29, 1.82) is 0 Å². The van der Waals surface area contributed by atoms with Crippen LogP contribution in [0.5, 0.6) is 17.4 Å². The van der Waals surface area contributed by atoms with E-state index >= 15 is 0 Å². The summed E-state index contributed by atoms with van der Waals surface area (Å²) in [4.78, 5) is 12.6. The van der Waals surface area contributed by atoms with E-state index < -0.39 is 0 Å². The van der Waals surface area contributed by atoms with Gasteiger partial charge in [-0.2, -0.15) is 0 Å². The number of para-hydroxylation sites is 2. The number of anilines is 1. The second-order valence-electron chi connectivity index (χ2n) is 13.0. The van der Waals surface area contributed by atoms with Gasteiger partial charge in [0.2, 0.25) is 5.88 Å². The Balaban J connectivity index is 0.00000353.